The number of aromatic amines is 1. The van der Waals surface area contributed by atoms with Crippen LogP contribution < -0.4 is 9.47 Å². The van der Waals surface area contributed by atoms with Crippen molar-refractivity contribution in [2.45, 2.75) is 33.9 Å². The topological polar surface area (TPSA) is 80.9 Å². The molecule has 4 rings (SSSR count). The highest BCUT2D eigenvalue weighted by Gasteiger charge is 2.24. The summed E-state index contributed by atoms with van der Waals surface area (Å²) >= 11 is 6.14. The fourth-order valence-electron chi connectivity index (χ4n) is 3.89. The molecule has 2 heterocycles. The molecule has 0 aliphatic carbocycles. The number of hydrogen-bond donors (Lipinski definition) is 1. The number of fused-ring (bicyclic) bond motifs is 1. The summed E-state index contributed by atoms with van der Waals surface area (Å²) in [4.78, 5) is 30.7. The van der Waals surface area contributed by atoms with Crippen LogP contribution in [0.4, 0.5) is 0 Å². The number of H-pyrrole nitrogens is 1. The number of hydrogen-bond acceptors (Lipinski definition) is 5. The molecule has 1 aromatic heterocycles. The summed E-state index contributed by atoms with van der Waals surface area (Å²) in [7, 11) is 0. The number of aromatic nitrogens is 1. The number of carbonyl (C=O) groups excluding carboxylic acids is 2. The van der Waals surface area contributed by atoms with Gasteiger partial charge in [0.05, 0.1) is 6.61 Å². The molecule has 3 aromatic rings. The second kappa shape index (κ2) is 9.58. The third-order valence-electron chi connectivity index (χ3n) is 5.59. The van der Waals surface area contributed by atoms with E-state index in [9.17, 15) is 9.59 Å². The zero-order chi connectivity index (χ0) is 23.5. The van der Waals surface area contributed by atoms with E-state index in [0.717, 1.165) is 22.4 Å². The van der Waals surface area contributed by atoms with Gasteiger partial charge in [-0.05, 0) is 67.8 Å². The van der Waals surface area contributed by atoms with Crippen LogP contribution in [-0.2, 0) is 17.8 Å². The summed E-state index contributed by atoms with van der Waals surface area (Å²) in [6.07, 6.45) is 0. The van der Waals surface area contributed by atoms with Gasteiger partial charge in [0, 0.05) is 29.4 Å². The molecule has 0 saturated carbocycles. The zero-order valence-electron chi connectivity index (χ0n) is 18.7. The Kier molecular flexibility index (Phi) is 6.60. The predicted octanol–water partition coefficient (Wildman–Crippen LogP) is 5.03. The predicted molar refractivity (Wildman–Crippen MR) is 124 cm³/mol. The molecule has 2 aromatic carbocycles. The summed E-state index contributed by atoms with van der Waals surface area (Å²) in [5.74, 6) is 0.754. The molecular formula is C25H25ClN2O5. The Morgan fingerprint density at radius 3 is 2.64 bits per heavy atom. The molecule has 1 aliphatic rings. The minimum Gasteiger partial charge on any atom is -0.461 e. The molecule has 0 spiro atoms. The first-order chi connectivity index (χ1) is 15.9. The molecule has 172 valence electrons. The minimum atomic E-state index is -0.409. The molecular weight excluding hydrogens is 444 g/mol. The van der Waals surface area contributed by atoms with Crippen LogP contribution in [0.2, 0.25) is 5.02 Å². The van der Waals surface area contributed by atoms with E-state index in [-0.39, 0.29) is 19.3 Å². The summed E-state index contributed by atoms with van der Waals surface area (Å²) < 4.78 is 16.0. The van der Waals surface area contributed by atoms with Gasteiger partial charge in [-0.15, -0.1) is 0 Å². The van der Waals surface area contributed by atoms with Crippen LogP contribution in [0.5, 0.6) is 11.5 Å². The van der Waals surface area contributed by atoms with Crippen LogP contribution in [0.3, 0.4) is 0 Å². The van der Waals surface area contributed by atoms with Crippen LogP contribution >= 0.6 is 11.6 Å². The van der Waals surface area contributed by atoms with Gasteiger partial charge < -0.3 is 24.1 Å². The van der Waals surface area contributed by atoms with E-state index in [0.29, 0.717) is 40.9 Å². The Hall–Kier alpha value is -3.45. The van der Waals surface area contributed by atoms with Gasteiger partial charge >= 0.3 is 5.97 Å². The summed E-state index contributed by atoms with van der Waals surface area (Å²) in [6.45, 7) is 6.60. The number of ether oxygens (including phenoxy) is 3. The highest BCUT2D eigenvalue weighted by atomic mass is 35.5. The highest BCUT2D eigenvalue weighted by molar-refractivity contribution is 6.30. The molecule has 0 saturated heterocycles. The Balaban J connectivity index is 1.67. The molecule has 33 heavy (non-hydrogen) atoms. The average Bonchev–Trinajstić information content (AvgIpc) is 3.37. The largest absolute Gasteiger partial charge is 0.461 e. The molecule has 1 N–H and O–H groups in total. The lowest BCUT2D eigenvalue weighted by molar-refractivity contribution is 0.0519. The van der Waals surface area contributed by atoms with Crippen molar-refractivity contribution in [2.24, 2.45) is 0 Å². The molecule has 0 radical (unpaired) electrons. The molecule has 1 aliphatic heterocycles. The van der Waals surface area contributed by atoms with Crippen LogP contribution in [-0.4, -0.2) is 35.2 Å². The monoisotopic (exact) mass is 468 g/mol. The number of amides is 1. The first-order valence-corrected chi connectivity index (χ1v) is 11.0. The summed E-state index contributed by atoms with van der Waals surface area (Å²) in [5, 5.41) is 0.488. The number of benzene rings is 2. The van der Waals surface area contributed by atoms with Gasteiger partial charge in [0.2, 0.25) is 6.79 Å². The molecule has 0 atom stereocenters. The van der Waals surface area contributed by atoms with Gasteiger partial charge in [-0.1, -0.05) is 23.7 Å². The minimum absolute atomic E-state index is 0.173. The van der Waals surface area contributed by atoms with E-state index in [4.69, 9.17) is 25.8 Å². The van der Waals surface area contributed by atoms with Gasteiger partial charge in [-0.2, -0.15) is 0 Å². The van der Waals surface area contributed by atoms with Crippen LogP contribution in [0, 0.1) is 13.8 Å². The number of halogens is 1. The SMILES string of the molecule is CCOC(=O)c1[nH]c(C)c(CN(Cc2ccc3c(c2)OCO3)C(=O)c2cccc(Cl)c2)c1C. The van der Waals surface area contributed by atoms with Crippen molar-refractivity contribution in [1.82, 2.24) is 9.88 Å². The van der Waals surface area contributed by atoms with Crippen molar-refractivity contribution in [3.05, 3.63) is 81.1 Å². The Labute approximate surface area is 197 Å². The lowest BCUT2D eigenvalue weighted by Gasteiger charge is -2.24. The average molecular weight is 469 g/mol. The van der Waals surface area contributed by atoms with E-state index in [1.54, 1.807) is 36.1 Å². The summed E-state index contributed by atoms with van der Waals surface area (Å²) in [6, 6.07) is 12.5. The van der Waals surface area contributed by atoms with Gasteiger partial charge in [-0.25, -0.2) is 4.79 Å². The maximum Gasteiger partial charge on any atom is 0.355 e. The number of rotatable bonds is 7. The van der Waals surface area contributed by atoms with E-state index in [1.165, 1.54) is 0 Å². The Morgan fingerprint density at radius 1 is 1.09 bits per heavy atom. The third-order valence-corrected chi connectivity index (χ3v) is 5.83. The van der Waals surface area contributed by atoms with E-state index in [2.05, 4.69) is 4.98 Å². The van der Waals surface area contributed by atoms with E-state index in [1.807, 2.05) is 32.0 Å². The molecule has 0 fully saturated rings. The smallest absolute Gasteiger partial charge is 0.355 e. The maximum absolute atomic E-state index is 13.5. The number of nitrogens with one attached hydrogen (secondary N) is 1. The van der Waals surface area contributed by atoms with Crippen molar-refractivity contribution in [3.8, 4) is 11.5 Å². The summed E-state index contributed by atoms with van der Waals surface area (Å²) in [5.41, 5.74) is 4.23. The van der Waals surface area contributed by atoms with Crippen LogP contribution in [0.15, 0.2) is 42.5 Å². The first-order valence-electron chi connectivity index (χ1n) is 10.7. The first kappa shape index (κ1) is 22.7. The van der Waals surface area contributed by atoms with Crippen LogP contribution in [0.1, 0.15) is 50.2 Å². The third kappa shape index (κ3) is 4.83. The standard InChI is InChI=1S/C25H25ClN2O5/c1-4-31-25(30)23-15(2)20(16(3)27-23)13-28(24(29)18-6-5-7-19(26)11-18)12-17-8-9-21-22(10-17)33-14-32-21/h5-11,27H,4,12-14H2,1-3H3. The number of esters is 1. The van der Waals surface area contributed by atoms with Crippen molar-refractivity contribution in [1.29, 1.82) is 0 Å². The van der Waals surface area contributed by atoms with Crippen molar-refractivity contribution in [2.75, 3.05) is 13.4 Å². The molecule has 0 unspecified atom stereocenters. The Morgan fingerprint density at radius 2 is 1.88 bits per heavy atom. The van der Waals surface area contributed by atoms with Crippen molar-refractivity contribution >= 4 is 23.5 Å². The second-order valence-corrected chi connectivity index (χ2v) is 8.24. The number of nitrogens with zero attached hydrogens (tertiary/aromatic N) is 1. The van der Waals surface area contributed by atoms with Gasteiger partial charge in [0.25, 0.3) is 5.91 Å². The quantitative estimate of drug-likeness (QED) is 0.492. The molecule has 7 nitrogen and oxygen atoms in total. The zero-order valence-corrected chi connectivity index (χ0v) is 19.5. The number of aryl methyl sites for hydroxylation is 1. The van der Waals surface area contributed by atoms with Gasteiger partial charge in [-0.3, -0.25) is 4.79 Å². The van der Waals surface area contributed by atoms with Crippen molar-refractivity contribution < 1.29 is 23.8 Å². The second-order valence-electron chi connectivity index (χ2n) is 7.81. The van der Waals surface area contributed by atoms with Gasteiger partial charge in [0.15, 0.2) is 11.5 Å². The maximum atomic E-state index is 13.5. The van der Waals surface area contributed by atoms with Crippen LogP contribution in [0.25, 0.3) is 0 Å². The molecule has 1 amide bonds. The fourth-order valence-corrected chi connectivity index (χ4v) is 4.08. The lowest BCUT2D eigenvalue weighted by atomic mass is 10.1. The fraction of sp³-hybridized carbons (Fsp3) is 0.280. The molecule has 0 bridgehead atoms. The van der Waals surface area contributed by atoms with Gasteiger partial charge in [0.1, 0.15) is 5.69 Å². The molecule has 8 heteroatoms. The Bertz CT molecular complexity index is 1200. The van der Waals surface area contributed by atoms with Crippen molar-refractivity contribution in [3.63, 3.8) is 0 Å². The van der Waals surface area contributed by atoms with E-state index >= 15 is 0 Å². The highest BCUT2D eigenvalue weighted by Crippen LogP contribution is 2.33. The van der Waals surface area contributed by atoms with E-state index < -0.39 is 5.97 Å². The lowest BCUT2D eigenvalue weighted by Crippen LogP contribution is -2.30. The number of carbonyl (C=O) groups is 2. The normalized spacial score (nSPS) is 12.0.